The van der Waals surface area contributed by atoms with Gasteiger partial charge in [0.15, 0.2) is 0 Å². The Morgan fingerprint density at radius 1 is 1.31 bits per heavy atom. The number of aliphatic hydroxyl groups is 1. The summed E-state index contributed by atoms with van der Waals surface area (Å²) in [5.74, 6) is 0.871. The molecule has 1 aliphatic carbocycles. The van der Waals surface area contributed by atoms with Crippen LogP contribution in [0.25, 0.3) is 0 Å². The van der Waals surface area contributed by atoms with E-state index in [4.69, 9.17) is 0 Å². The lowest BCUT2D eigenvalue weighted by atomic mass is 9.87. The van der Waals surface area contributed by atoms with Crippen molar-refractivity contribution < 1.29 is 9.90 Å². The molecule has 0 spiro atoms. The summed E-state index contributed by atoms with van der Waals surface area (Å²) in [6.07, 6.45) is 4.82. The van der Waals surface area contributed by atoms with Crippen LogP contribution in [-0.2, 0) is 4.79 Å². The summed E-state index contributed by atoms with van der Waals surface area (Å²) in [5.41, 5.74) is 0. The fraction of sp³-hybridized carbons (Fsp3) is 0.917. The normalized spacial score (nSPS) is 39.6. The maximum absolute atomic E-state index is 11.9. The maximum Gasteiger partial charge on any atom is 0.237 e. The van der Waals surface area contributed by atoms with Crippen molar-refractivity contribution >= 4 is 5.91 Å². The van der Waals surface area contributed by atoms with Crippen LogP contribution in [-0.4, -0.2) is 35.7 Å². The number of β-amino-alcohol motifs (C(OH)–C–C–N with tert-alkyl or cyclic N) is 1. The van der Waals surface area contributed by atoms with Crippen LogP contribution in [0.15, 0.2) is 0 Å². The highest BCUT2D eigenvalue weighted by Gasteiger charge is 2.29. The summed E-state index contributed by atoms with van der Waals surface area (Å²) in [5, 5.41) is 15.5. The quantitative estimate of drug-likeness (QED) is 0.639. The minimum absolute atomic E-state index is 0.0658. The van der Waals surface area contributed by atoms with Gasteiger partial charge in [-0.2, -0.15) is 0 Å². The molecular formula is C12H22N2O2. The second-order valence-corrected chi connectivity index (χ2v) is 5.32. The Hall–Kier alpha value is -0.610. The Balaban J connectivity index is 1.75. The summed E-state index contributed by atoms with van der Waals surface area (Å²) in [7, 11) is 0. The van der Waals surface area contributed by atoms with Gasteiger partial charge in [0.1, 0.15) is 0 Å². The Morgan fingerprint density at radius 3 is 2.56 bits per heavy atom. The molecular weight excluding hydrogens is 204 g/mol. The van der Waals surface area contributed by atoms with E-state index in [-0.39, 0.29) is 18.1 Å². The van der Waals surface area contributed by atoms with Gasteiger partial charge in [0, 0.05) is 12.6 Å². The fourth-order valence-corrected chi connectivity index (χ4v) is 2.62. The summed E-state index contributed by atoms with van der Waals surface area (Å²) >= 11 is 0. The molecule has 92 valence electrons. The first-order valence-electron chi connectivity index (χ1n) is 6.37. The molecule has 0 aromatic carbocycles. The van der Waals surface area contributed by atoms with Crippen LogP contribution in [0.4, 0.5) is 0 Å². The predicted octanol–water partition coefficient (Wildman–Crippen LogP) is 0.404. The number of aliphatic hydroxyl groups excluding tert-OH is 1. The minimum atomic E-state index is -0.359. The van der Waals surface area contributed by atoms with E-state index < -0.39 is 0 Å². The number of rotatable bonds is 2. The Bertz CT molecular complexity index is 249. The SMILES string of the molecule is C[C@H]1CC[C@H](NC(=O)[C@@H]2C[C@@H](O)CN2)CC1. The third-order valence-corrected chi connectivity index (χ3v) is 3.79. The molecule has 0 unspecified atom stereocenters. The van der Waals surface area contributed by atoms with Crippen LogP contribution < -0.4 is 10.6 Å². The van der Waals surface area contributed by atoms with Crippen LogP contribution in [0, 0.1) is 5.92 Å². The molecule has 1 heterocycles. The zero-order valence-corrected chi connectivity index (χ0v) is 9.91. The average Bonchev–Trinajstić information content (AvgIpc) is 2.68. The van der Waals surface area contributed by atoms with Crippen molar-refractivity contribution in [2.24, 2.45) is 5.92 Å². The number of carbonyl (C=O) groups is 1. The number of nitrogens with one attached hydrogen (secondary N) is 2. The van der Waals surface area contributed by atoms with E-state index in [9.17, 15) is 9.90 Å². The zero-order valence-electron chi connectivity index (χ0n) is 9.91. The monoisotopic (exact) mass is 226 g/mol. The van der Waals surface area contributed by atoms with Gasteiger partial charge in [0.2, 0.25) is 5.91 Å². The summed E-state index contributed by atoms with van der Waals surface area (Å²) < 4.78 is 0. The lowest BCUT2D eigenvalue weighted by Gasteiger charge is -2.27. The highest BCUT2D eigenvalue weighted by Crippen LogP contribution is 2.23. The first-order valence-corrected chi connectivity index (χ1v) is 6.37. The average molecular weight is 226 g/mol. The van der Waals surface area contributed by atoms with Crippen LogP contribution in [0.2, 0.25) is 0 Å². The van der Waals surface area contributed by atoms with E-state index >= 15 is 0 Å². The van der Waals surface area contributed by atoms with Gasteiger partial charge in [0.25, 0.3) is 0 Å². The first kappa shape index (κ1) is 11.9. The molecule has 0 bridgehead atoms. The molecule has 1 saturated heterocycles. The molecule has 0 aromatic heterocycles. The smallest absolute Gasteiger partial charge is 0.237 e. The van der Waals surface area contributed by atoms with Crippen LogP contribution >= 0.6 is 0 Å². The van der Waals surface area contributed by atoms with E-state index in [1.165, 1.54) is 12.8 Å². The number of hydrogen-bond donors (Lipinski definition) is 3. The van der Waals surface area contributed by atoms with Crippen molar-refractivity contribution in [3.05, 3.63) is 0 Å². The van der Waals surface area contributed by atoms with Crippen molar-refractivity contribution in [1.82, 2.24) is 10.6 Å². The molecule has 3 N–H and O–H groups in total. The summed E-state index contributed by atoms with van der Waals surface area (Å²) in [4.78, 5) is 11.9. The van der Waals surface area contributed by atoms with Gasteiger partial charge in [-0.15, -0.1) is 0 Å². The molecule has 1 amide bonds. The molecule has 0 radical (unpaired) electrons. The van der Waals surface area contributed by atoms with Crippen molar-refractivity contribution in [1.29, 1.82) is 0 Å². The lowest BCUT2D eigenvalue weighted by molar-refractivity contribution is -0.123. The summed E-state index contributed by atoms with van der Waals surface area (Å²) in [6, 6.07) is 0.164. The number of amides is 1. The molecule has 16 heavy (non-hydrogen) atoms. The standard InChI is InChI=1S/C12H22N2O2/c1-8-2-4-9(5-3-8)14-12(16)11-6-10(15)7-13-11/h8-11,13,15H,2-7H2,1H3,(H,14,16)/t8-,9-,10-,11+/m1/s1. The van der Waals surface area contributed by atoms with Crippen molar-refractivity contribution in [2.45, 2.75) is 57.2 Å². The Kier molecular flexibility index (Phi) is 3.82. The second kappa shape index (κ2) is 5.15. The molecule has 1 saturated carbocycles. The number of hydrogen-bond acceptors (Lipinski definition) is 3. The maximum atomic E-state index is 11.9. The molecule has 2 fully saturated rings. The lowest BCUT2D eigenvalue weighted by Crippen LogP contribution is -2.46. The molecule has 1 aliphatic heterocycles. The first-order chi connectivity index (χ1) is 7.65. The van der Waals surface area contributed by atoms with Gasteiger partial charge in [-0.05, 0) is 38.0 Å². The fourth-order valence-electron chi connectivity index (χ4n) is 2.62. The van der Waals surface area contributed by atoms with Crippen molar-refractivity contribution in [3.63, 3.8) is 0 Å². The van der Waals surface area contributed by atoms with E-state index in [2.05, 4.69) is 17.6 Å². The van der Waals surface area contributed by atoms with Gasteiger partial charge < -0.3 is 15.7 Å². The molecule has 4 nitrogen and oxygen atoms in total. The van der Waals surface area contributed by atoms with Gasteiger partial charge in [-0.25, -0.2) is 0 Å². The highest BCUT2D eigenvalue weighted by atomic mass is 16.3. The van der Waals surface area contributed by atoms with Crippen LogP contribution in [0.5, 0.6) is 0 Å². The summed E-state index contributed by atoms with van der Waals surface area (Å²) in [6.45, 7) is 2.81. The predicted molar refractivity (Wildman–Crippen MR) is 62.0 cm³/mol. The van der Waals surface area contributed by atoms with Crippen LogP contribution in [0.1, 0.15) is 39.0 Å². The number of carbonyl (C=O) groups excluding carboxylic acids is 1. The second-order valence-electron chi connectivity index (χ2n) is 5.32. The van der Waals surface area contributed by atoms with E-state index in [1.54, 1.807) is 0 Å². The topological polar surface area (TPSA) is 61.4 Å². The Morgan fingerprint density at radius 2 is 2.00 bits per heavy atom. The van der Waals surface area contributed by atoms with Crippen LogP contribution in [0.3, 0.4) is 0 Å². The third-order valence-electron chi connectivity index (χ3n) is 3.79. The highest BCUT2D eigenvalue weighted by molar-refractivity contribution is 5.82. The van der Waals surface area contributed by atoms with Gasteiger partial charge in [-0.1, -0.05) is 6.92 Å². The molecule has 2 aliphatic rings. The van der Waals surface area contributed by atoms with Crippen molar-refractivity contribution in [2.75, 3.05) is 6.54 Å². The minimum Gasteiger partial charge on any atom is -0.392 e. The van der Waals surface area contributed by atoms with Gasteiger partial charge in [-0.3, -0.25) is 4.79 Å². The van der Waals surface area contributed by atoms with E-state index in [0.29, 0.717) is 19.0 Å². The zero-order chi connectivity index (χ0) is 11.5. The Labute approximate surface area is 96.8 Å². The van der Waals surface area contributed by atoms with Gasteiger partial charge >= 0.3 is 0 Å². The molecule has 0 aromatic rings. The molecule has 2 atom stereocenters. The van der Waals surface area contributed by atoms with E-state index in [1.807, 2.05) is 0 Å². The van der Waals surface area contributed by atoms with Gasteiger partial charge in [0.05, 0.1) is 12.1 Å². The van der Waals surface area contributed by atoms with E-state index in [0.717, 1.165) is 18.8 Å². The molecule has 4 heteroatoms. The van der Waals surface area contributed by atoms with Crippen molar-refractivity contribution in [3.8, 4) is 0 Å². The third kappa shape index (κ3) is 2.95. The largest absolute Gasteiger partial charge is 0.392 e. The molecule has 2 rings (SSSR count).